The molecule has 28 heavy (non-hydrogen) atoms. The summed E-state index contributed by atoms with van der Waals surface area (Å²) in [5, 5.41) is 0. The molecule has 1 amide bonds. The zero-order valence-electron chi connectivity index (χ0n) is 15.7. The molecule has 0 bridgehead atoms. The number of hydrogen-bond donors (Lipinski definition) is 0. The lowest BCUT2D eigenvalue weighted by molar-refractivity contribution is -0.132. The summed E-state index contributed by atoms with van der Waals surface area (Å²) in [5.41, 5.74) is 1.35. The Morgan fingerprint density at radius 2 is 1.39 bits per heavy atom. The number of hydrogen-bond acceptors (Lipinski definition) is 3. The van der Waals surface area contributed by atoms with Crippen LogP contribution in [0.3, 0.4) is 0 Å². The van der Waals surface area contributed by atoms with Crippen LogP contribution in [0.2, 0.25) is 0 Å². The molecule has 148 valence electrons. The molecule has 0 aliphatic carbocycles. The van der Waals surface area contributed by atoms with Crippen molar-refractivity contribution in [2.75, 3.05) is 32.7 Å². The number of ketones is 1. The maximum absolute atomic E-state index is 12.9. The van der Waals surface area contributed by atoms with Crippen LogP contribution >= 0.6 is 0 Å². The SMILES string of the molecule is O=C(CCCN1CCN(C(=O)Cc2ccc(F)cc2)CC1)c1ccc(F)cc1. The summed E-state index contributed by atoms with van der Waals surface area (Å²) in [4.78, 5) is 28.6. The summed E-state index contributed by atoms with van der Waals surface area (Å²) < 4.78 is 25.9. The topological polar surface area (TPSA) is 40.6 Å². The molecule has 1 saturated heterocycles. The van der Waals surface area contributed by atoms with Crippen LogP contribution in [0.4, 0.5) is 8.78 Å². The van der Waals surface area contributed by atoms with Gasteiger partial charge in [-0.25, -0.2) is 8.78 Å². The average molecular weight is 386 g/mol. The van der Waals surface area contributed by atoms with Crippen LogP contribution in [-0.2, 0) is 11.2 Å². The van der Waals surface area contributed by atoms with Gasteiger partial charge in [-0.2, -0.15) is 0 Å². The lowest BCUT2D eigenvalue weighted by Crippen LogP contribution is -2.49. The van der Waals surface area contributed by atoms with Gasteiger partial charge in [0, 0.05) is 38.2 Å². The second-order valence-electron chi connectivity index (χ2n) is 7.06. The predicted molar refractivity (Wildman–Crippen MR) is 103 cm³/mol. The molecular formula is C22H24F2N2O2. The van der Waals surface area contributed by atoms with E-state index >= 15 is 0 Å². The Labute approximate surface area is 163 Å². The summed E-state index contributed by atoms with van der Waals surface area (Å²) in [6, 6.07) is 11.7. The zero-order valence-corrected chi connectivity index (χ0v) is 15.7. The first-order valence-corrected chi connectivity index (χ1v) is 9.54. The van der Waals surface area contributed by atoms with E-state index in [1.807, 2.05) is 4.90 Å². The van der Waals surface area contributed by atoms with Crippen molar-refractivity contribution in [3.63, 3.8) is 0 Å². The third-order valence-corrected chi connectivity index (χ3v) is 5.04. The van der Waals surface area contributed by atoms with Crippen molar-refractivity contribution in [2.24, 2.45) is 0 Å². The van der Waals surface area contributed by atoms with Gasteiger partial charge in [0.05, 0.1) is 6.42 Å². The highest BCUT2D eigenvalue weighted by atomic mass is 19.1. The van der Waals surface area contributed by atoms with Crippen LogP contribution in [0.25, 0.3) is 0 Å². The van der Waals surface area contributed by atoms with Gasteiger partial charge in [0.2, 0.25) is 5.91 Å². The minimum atomic E-state index is -0.344. The number of amides is 1. The highest BCUT2D eigenvalue weighted by Gasteiger charge is 2.21. The van der Waals surface area contributed by atoms with Crippen LogP contribution < -0.4 is 0 Å². The monoisotopic (exact) mass is 386 g/mol. The third-order valence-electron chi connectivity index (χ3n) is 5.04. The van der Waals surface area contributed by atoms with Crippen LogP contribution in [-0.4, -0.2) is 54.2 Å². The van der Waals surface area contributed by atoms with E-state index in [1.54, 1.807) is 12.1 Å². The van der Waals surface area contributed by atoms with E-state index in [0.717, 1.165) is 31.6 Å². The van der Waals surface area contributed by atoms with Crippen LogP contribution in [0, 0.1) is 11.6 Å². The number of carbonyl (C=O) groups excluding carboxylic acids is 2. The fourth-order valence-electron chi connectivity index (χ4n) is 3.35. The van der Waals surface area contributed by atoms with Gasteiger partial charge in [0.15, 0.2) is 5.78 Å². The molecule has 0 aromatic heterocycles. The molecule has 1 aliphatic rings. The number of carbonyl (C=O) groups is 2. The molecule has 0 N–H and O–H groups in total. The second-order valence-corrected chi connectivity index (χ2v) is 7.06. The smallest absolute Gasteiger partial charge is 0.227 e. The predicted octanol–water partition coefficient (Wildman–Crippen LogP) is 3.31. The van der Waals surface area contributed by atoms with Gasteiger partial charge in [-0.05, 0) is 54.9 Å². The number of halogens is 2. The minimum absolute atomic E-state index is 0.0214. The Balaban J connectivity index is 1.36. The number of Topliss-reactive ketones (excluding diaryl/α,β-unsaturated/α-hetero) is 1. The van der Waals surface area contributed by atoms with Crippen molar-refractivity contribution >= 4 is 11.7 Å². The third kappa shape index (κ3) is 5.70. The lowest BCUT2D eigenvalue weighted by Gasteiger charge is -2.34. The van der Waals surface area contributed by atoms with E-state index in [9.17, 15) is 18.4 Å². The molecule has 0 unspecified atom stereocenters. The van der Waals surface area contributed by atoms with Crippen LogP contribution in [0.5, 0.6) is 0 Å². The second kappa shape index (κ2) is 9.55. The standard InChI is InChI=1S/C22H24F2N2O2/c23-19-7-3-17(4-8-19)16-22(28)26-14-12-25(13-15-26)11-1-2-21(27)18-5-9-20(24)10-6-18/h3-10H,1-2,11-16H2. The first kappa shape index (κ1) is 20.1. The first-order valence-electron chi connectivity index (χ1n) is 9.54. The van der Waals surface area contributed by atoms with Gasteiger partial charge in [0.25, 0.3) is 0 Å². The number of rotatable bonds is 7. The quantitative estimate of drug-likeness (QED) is 0.686. The number of benzene rings is 2. The van der Waals surface area contributed by atoms with Gasteiger partial charge in [0.1, 0.15) is 11.6 Å². The van der Waals surface area contributed by atoms with Crippen molar-refractivity contribution in [1.82, 2.24) is 9.80 Å². The van der Waals surface area contributed by atoms with Gasteiger partial charge < -0.3 is 4.90 Å². The fraction of sp³-hybridized carbons (Fsp3) is 0.364. The normalized spacial score (nSPS) is 14.9. The zero-order chi connectivity index (χ0) is 19.9. The Kier molecular flexibility index (Phi) is 6.87. The largest absolute Gasteiger partial charge is 0.340 e. The molecule has 6 heteroatoms. The van der Waals surface area contributed by atoms with Crippen molar-refractivity contribution in [2.45, 2.75) is 19.3 Å². The Hall–Kier alpha value is -2.60. The fourth-order valence-corrected chi connectivity index (χ4v) is 3.35. The van der Waals surface area contributed by atoms with E-state index in [1.165, 1.54) is 36.4 Å². The van der Waals surface area contributed by atoms with Gasteiger partial charge in [-0.1, -0.05) is 12.1 Å². The molecule has 0 atom stereocenters. The maximum atomic E-state index is 12.9. The Morgan fingerprint density at radius 3 is 2.00 bits per heavy atom. The van der Waals surface area contributed by atoms with Crippen LogP contribution in [0.1, 0.15) is 28.8 Å². The number of piperazine rings is 1. The summed E-state index contributed by atoms with van der Waals surface area (Å²) >= 11 is 0. The molecule has 4 nitrogen and oxygen atoms in total. The van der Waals surface area contributed by atoms with Crippen LogP contribution in [0.15, 0.2) is 48.5 Å². The van der Waals surface area contributed by atoms with E-state index < -0.39 is 0 Å². The van der Waals surface area contributed by atoms with Crippen molar-refractivity contribution in [3.05, 3.63) is 71.3 Å². The van der Waals surface area contributed by atoms with Crippen molar-refractivity contribution < 1.29 is 18.4 Å². The molecule has 1 fully saturated rings. The summed E-state index contributed by atoms with van der Waals surface area (Å²) in [6.45, 7) is 3.67. The van der Waals surface area contributed by atoms with E-state index in [2.05, 4.69) is 4.90 Å². The molecule has 2 aromatic carbocycles. The van der Waals surface area contributed by atoms with Gasteiger partial charge in [-0.15, -0.1) is 0 Å². The summed E-state index contributed by atoms with van der Waals surface area (Å²) in [5.74, 6) is -0.572. The molecule has 1 heterocycles. The Bertz CT molecular complexity index is 798. The van der Waals surface area contributed by atoms with Crippen molar-refractivity contribution in [3.8, 4) is 0 Å². The van der Waals surface area contributed by atoms with Crippen molar-refractivity contribution in [1.29, 1.82) is 0 Å². The van der Waals surface area contributed by atoms with Gasteiger partial charge >= 0.3 is 0 Å². The molecular weight excluding hydrogens is 362 g/mol. The highest BCUT2D eigenvalue weighted by Crippen LogP contribution is 2.11. The molecule has 2 aromatic rings. The molecule has 1 aliphatic heterocycles. The minimum Gasteiger partial charge on any atom is -0.340 e. The summed E-state index contributed by atoms with van der Waals surface area (Å²) in [7, 11) is 0. The maximum Gasteiger partial charge on any atom is 0.227 e. The summed E-state index contributed by atoms with van der Waals surface area (Å²) in [6.07, 6.45) is 1.45. The lowest BCUT2D eigenvalue weighted by atomic mass is 10.1. The average Bonchev–Trinajstić information content (AvgIpc) is 2.70. The van der Waals surface area contributed by atoms with E-state index in [4.69, 9.17) is 0 Å². The van der Waals surface area contributed by atoms with E-state index in [-0.39, 0.29) is 29.7 Å². The van der Waals surface area contributed by atoms with Gasteiger partial charge in [-0.3, -0.25) is 14.5 Å². The molecule has 0 saturated carbocycles. The highest BCUT2D eigenvalue weighted by molar-refractivity contribution is 5.95. The molecule has 3 rings (SSSR count). The molecule has 0 spiro atoms. The number of nitrogens with zero attached hydrogens (tertiary/aromatic N) is 2. The van der Waals surface area contributed by atoms with E-state index in [0.29, 0.717) is 25.1 Å². The first-order chi connectivity index (χ1) is 13.5. The molecule has 0 radical (unpaired) electrons. The Morgan fingerprint density at radius 1 is 0.821 bits per heavy atom.